The first-order chi connectivity index (χ1) is 21.2. The lowest BCUT2D eigenvalue weighted by Gasteiger charge is -2.42. The number of rotatable bonds is 7. The molecule has 4 atom stereocenters. The third-order valence-corrected chi connectivity index (χ3v) is 10.4. The first-order valence-corrected chi connectivity index (χ1v) is 16.6. The van der Waals surface area contributed by atoms with Crippen molar-refractivity contribution in [1.82, 2.24) is 20.0 Å². The fraction of sp³-hybridized carbons (Fsp3) is 0.444. The number of piperazine rings is 1. The summed E-state index contributed by atoms with van der Waals surface area (Å²) in [6.45, 7) is 7.76. The molecule has 3 saturated heterocycles. The van der Waals surface area contributed by atoms with Crippen LogP contribution in [0.2, 0.25) is 10.0 Å². The number of hydrogen-bond acceptors (Lipinski definition) is 4. The fourth-order valence-electron chi connectivity index (χ4n) is 7.53. The van der Waals surface area contributed by atoms with Gasteiger partial charge in [-0.25, -0.2) is 0 Å². The lowest BCUT2D eigenvalue weighted by atomic mass is 9.94. The first-order valence-electron chi connectivity index (χ1n) is 15.9. The number of hydrogen-bond donors (Lipinski definition) is 1. The van der Waals surface area contributed by atoms with Crippen molar-refractivity contribution < 1.29 is 9.59 Å². The second-order valence-corrected chi connectivity index (χ2v) is 13.8. The molecule has 44 heavy (non-hydrogen) atoms. The van der Waals surface area contributed by atoms with E-state index in [4.69, 9.17) is 23.2 Å². The van der Waals surface area contributed by atoms with E-state index in [0.29, 0.717) is 53.2 Å². The van der Waals surface area contributed by atoms with Crippen LogP contribution in [0.5, 0.6) is 0 Å². The van der Waals surface area contributed by atoms with Gasteiger partial charge >= 0.3 is 0 Å². The quantitative estimate of drug-likeness (QED) is 0.316. The van der Waals surface area contributed by atoms with Crippen molar-refractivity contribution in [3.63, 3.8) is 0 Å². The van der Waals surface area contributed by atoms with Crippen LogP contribution < -0.4 is 5.32 Å². The van der Waals surface area contributed by atoms with E-state index >= 15 is 0 Å². The maximum Gasteiger partial charge on any atom is 0.254 e. The number of carbonyl (C=O) groups is 2. The van der Waals surface area contributed by atoms with Gasteiger partial charge < -0.3 is 15.1 Å². The van der Waals surface area contributed by atoms with E-state index in [0.717, 1.165) is 42.6 Å². The standard InChI is InChI=1S/C36H42Cl2N4O2/c1-24-14-25(2)16-29(15-24)36(44)40-12-13-42(34(23-40)28-9-11-32(37)33(38)18-28)35(43)20-39-30-17-27-8-10-31(19-30)41(22-27)21-26-6-4-3-5-7-26/h3-7,9,11,14-16,18,27,30-31,34,39H,8,10,12-13,17,19-23H2,1-2H3. The third kappa shape index (κ3) is 7.15. The van der Waals surface area contributed by atoms with Crippen molar-refractivity contribution in [1.29, 1.82) is 0 Å². The minimum absolute atomic E-state index is 0.0129. The smallest absolute Gasteiger partial charge is 0.254 e. The molecule has 4 aliphatic rings. The maximum atomic E-state index is 13.9. The Morgan fingerprint density at radius 2 is 1.64 bits per heavy atom. The van der Waals surface area contributed by atoms with E-state index in [1.54, 1.807) is 6.07 Å². The van der Waals surface area contributed by atoms with E-state index in [9.17, 15) is 9.59 Å². The zero-order valence-electron chi connectivity index (χ0n) is 25.6. The van der Waals surface area contributed by atoms with Gasteiger partial charge in [0.25, 0.3) is 5.91 Å². The van der Waals surface area contributed by atoms with Crippen LogP contribution in [-0.2, 0) is 11.3 Å². The average molecular weight is 634 g/mol. The summed E-state index contributed by atoms with van der Waals surface area (Å²) >= 11 is 12.7. The Kier molecular flexibility index (Phi) is 9.62. The molecule has 7 rings (SSSR count). The van der Waals surface area contributed by atoms with Crippen molar-refractivity contribution >= 4 is 35.0 Å². The van der Waals surface area contributed by atoms with Crippen molar-refractivity contribution in [3.8, 4) is 0 Å². The number of aryl methyl sites for hydroxylation is 2. The zero-order chi connectivity index (χ0) is 30.8. The number of nitrogens with zero attached hydrogens (tertiary/aromatic N) is 3. The summed E-state index contributed by atoms with van der Waals surface area (Å²) in [5.41, 5.74) is 5.05. The molecule has 3 heterocycles. The molecule has 4 unspecified atom stereocenters. The van der Waals surface area contributed by atoms with Gasteiger partial charge in [-0.1, -0.05) is 76.8 Å². The lowest BCUT2D eigenvalue weighted by Crippen LogP contribution is -2.54. The highest BCUT2D eigenvalue weighted by molar-refractivity contribution is 6.42. The average Bonchev–Trinajstić information content (AvgIpc) is 3.32. The van der Waals surface area contributed by atoms with Gasteiger partial charge in [-0.05, 0) is 80.8 Å². The van der Waals surface area contributed by atoms with E-state index in [1.807, 2.05) is 47.9 Å². The van der Waals surface area contributed by atoms with Crippen LogP contribution in [-0.4, -0.2) is 71.3 Å². The van der Waals surface area contributed by atoms with Gasteiger partial charge in [0.15, 0.2) is 0 Å². The molecule has 2 amide bonds. The molecular formula is C36H42Cl2N4O2. The molecule has 0 spiro atoms. The van der Waals surface area contributed by atoms with Crippen LogP contribution in [0.25, 0.3) is 0 Å². The minimum Gasteiger partial charge on any atom is -0.334 e. The number of benzene rings is 3. The SMILES string of the molecule is Cc1cc(C)cc(C(=O)N2CCN(C(=O)CNC3CC4CCC(C3)N(Cc3ccccc3)C4)C(c3ccc(Cl)c(Cl)c3)C2)c1. The summed E-state index contributed by atoms with van der Waals surface area (Å²) in [5.74, 6) is 0.687. The number of carbonyl (C=O) groups excluding carboxylic acids is 2. The molecule has 1 N–H and O–H groups in total. The van der Waals surface area contributed by atoms with Gasteiger partial charge in [-0.2, -0.15) is 0 Å². The second kappa shape index (κ2) is 13.6. The molecule has 0 radical (unpaired) electrons. The highest BCUT2D eigenvalue weighted by atomic mass is 35.5. The highest BCUT2D eigenvalue weighted by Crippen LogP contribution is 2.35. The largest absolute Gasteiger partial charge is 0.334 e. The predicted octanol–water partition coefficient (Wildman–Crippen LogP) is 6.67. The predicted molar refractivity (Wildman–Crippen MR) is 177 cm³/mol. The van der Waals surface area contributed by atoms with E-state index in [2.05, 4.69) is 46.6 Å². The van der Waals surface area contributed by atoms with Crippen LogP contribution in [0.4, 0.5) is 0 Å². The van der Waals surface area contributed by atoms with E-state index in [1.165, 1.54) is 18.4 Å². The molecule has 2 bridgehead atoms. The summed E-state index contributed by atoms with van der Waals surface area (Å²) in [6.07, 6.45) is 4.64. The summed E-state index contributed by atoms with van der Waals surface area (Å²) in [5, 5.41) is 4.58. The van der Waals surface area contributed by atoms with Crippen LogP contribution >= 0.6 is 23.2 Å². The van der Waals surface area contributed by atoms with Gasteiger partial charge in [0.1, 0.15) is 0 Å². The molecule has 3 aromatic carbocycles. The number of piperidine rings is 1. The normalized spacial score (nSPS) is 23.9. The van der Waals surface area contributed by atoms with Gasteiger partial charge in [0.05, 0.1) is 22.6 Å². The Hall–Kier alpha value is -2.90. The van der Waals surface area contributed by atoms with Crippen molar-refractivity contribution in [3.05, 3.63) is 105 Å². The summed E-state index contributed by atoms with van der Waals surface area (Å²) < 4.78 is 0. The number of fused-ring (bicyclic) bond motifs is 4. The number of nitrogens with one attached hydrogen (secondary N) is 1. The van der Waals surface area contributed by atoms with Crippen LogP contribution in [0, 0.1) is 19.8 Å². The van der Waals surface area contributed by atoms with Crippen LogP contribution in [0.15, 0.2) is 66.7 Å². The second-order valence-electron chi connectivity index (χ2n) is 13.0. The molecule has 1 saturated carbocycles. The molecule has 6 nitrogen and oxygen atoms in total. The first kappa shape index (κ1) is 31.1. The minimum atomic E-state index is -0.311. The molecule has 4 fully saturated rings. The van der Waals surface area contributed by atoms with Gasteiger partial charge in [0.2, 0.25) is 5.91 Å². The van der Waals surface area contributed by atoms with E-state index in [-0.39, 0.29) is 24.4 Å². The van der Waals surface area contributed by atoms with Crippen molar-refractivity contribution in [2.24, 2.45) is 5.92 Å². The lowest BCUT2D eigenvalue weighted by molar-refractivity contribution is -0.135. The summed E-state index contributed by atoms with van der Waals surface area (Å²) in [7, 11) is 0. The van der Waals surface area contributed by atoms with Crippen LogP contribution in [0.3, 0.4) is 0 Å². The number of amides is 2. The number of halogens is 2. The molecule has 8 heteroatoms. The van der Waals surface area contributed by atoms with Crippen LogP contribution in [0.1, 0.15) is 64.3 Å². The van der Waals surface area contributed by atoms with E-state index < -0.39 is 0 Å². The molecule has 232 valence electrons. The Morgan fingerprint density at radius 3 is 2.39 bits per heavy atom. The molecule has 3 aromatic rings. The van der Waals surface area contributed by atoms with Gasteiger partial charge in [-0.15, -0.1) is 0 Å². The topological polar surface area (TPSA) is 55.9 Å². The molecule has 1 aliphatic carbocycles. The fourth-order valence-corrected chi connectivity index (χ4v) is 7.84. The van der Waals surface area contributed by atoms with Gasteiger partial charge in [-0.3, -0.25) is 14.5 Å². The highest BCUT2D eigenvalue weighted by Gasteiger charge is 2.37. The van der Waals surface area contributed by atoms with Crippen molar-refractivity contribution in [2.75, 3.05) is 32.7 Å². The Bertz CT molecular complexity index is 1480. The Balaban J connectivity index is 1.14. The summed E-state index contributed by atoms with van der Waals surface area (Å²) in [4.78, 5) is 33.9. The zero-order valence-corrected chi connectivity index (χ0v) is 27.2. The monoisotopic (exact) mass is 632 g/mol. The van der Waals surface area contributed by atoms with Crippen molar-refractivity contribution in [2.45, 2.75) is 64.2 Å². The molecule has 0 aromatic heterocycles. The third-order valence-electron chi connectivity index (χ3n) is 9.65. The Morgan fingerprint density at radius 1 is 0.864 bits per heavy atom. The molecule has 3 aliphatic heterocycles. The van der Waals surface area contributed by atoms with Gasteiger partial charge in [0, 0.05) is 50.4 Å². The Labute approximate surface area is 271 Å². The maximum absolute atomic E-state index is 13.9. The molecular weight excluding hydrogens is 591 g/mol. The summed E-state index contributed by atoms with van der Waals surface area (Å²) in [6, 6.07) is 22.7.